The van der Waals surface area contributed by atoms with E-state index in [0.29, 0.717) is 37.2 Å². The summed E-state index contributed by atoms with van der Waals surface area (Å²) in [5, 5.41) is 0. The molecule has 1 saturated carbocycles. The van der Waals surface area contributed by atoms with Crippen molar-refractivity contribution in [3.8, 4) is 11.5 Å². The zero-order valence-corrected chi connectivity index (χ0v) is 46.6. The number of sulfonamides is 2. The lowest BCUT2D eigenvalue weighted by Crippen LogP contribution is -2.57. The average Bonchev–Trinajstić information content (AvgIpc) is 3.52. The van der Waals surface area contributed by atoms with Crippen molar-refractivity contribution in [2.75, 3.05) is 40.5 Å². The molecule has 8 aromatic carbocycles. The van der Waals surface area contributed by atoms with Gasteiger partial charge in [-0.3, -0.25) is 0 Å². The SMILES string of the molecule is COc1ccc(C(OCCCN([C@@H]2CCCC[C@H]2N(CCCOC(c2ccccc2)(c2ccccc2)c2ccc(OC)cc2)S(=O)(=O)c2ccc(C)cc2)S(=O)(=O)c2ccc(C)cc2)(c2ccccc2)c2ccccc2)cc1. The number of methoxy groups -OCH3 is 2. The highest BCUT2D eigenvalue weighted by molar-refractivity contribution is 7.89. The number of ether oxygens (including phenoxy) is 4. The highest BCUT2D eigenvalue weighted by Gasteiger charge is 2.45. The van der Waals surface area contributed by atoms with Crippen molar-refractivity contribution >= 4 is 20.0 Å². The van der Waals surface area contributed by atoms with Crippen LogP contribution in [-0.4, -0.2) is 78.1 Å². The molecule has 9 rings (SSSR count). The molecule has 0 N–H and O–H groups in total. The summed E-state index contributed by atoms with van der Waals surface area (Å²) in [5.74, 6) is 1.42. The molecule has 0 aromatic heterocycles. The van der Waals surface area contributed by atoms with Gasteiger partial charge in [-0.25, -0.2) is 16.8 Å². The van der Waals surface area contributed by atoms with Gasteiger partial charge in [-0.2, -0.15) is 8.61 Å². The highest BCUT2D eigenvalue weighted by Crippen LogP contribution is 2.44. The van der Waals surface area contributed by atoms with E-state index in [2.05, 4.69) is 48.5 Å². The minimum Gasteiger partial charge on any atom is -0.497 e. The Balaban J connectivity index is 1.08. The van der Waals surface area contributed by atoms with Gasteiger partial charge in [0.15, 0.2) is 0 Å². The molecule has 0 aliphatic heterocycles. The van der Waals surface area contributed by atoms with E-state index in [4.69, 9.17) is 18.9 Å². The second-order valence-corrected chi connectivity index (χ2v) is 23.7. The largest absolute Gasteiger partial charge is 0.497 e. The summed E-state index contributed by atoms with van der Waals surface area (Å²) >= 11 is 0. The van der Waals surface area contributed by atoms with E-state index < -0.39 is 43.3 Å². The fraction of sp³-hybridized carbons (Fsp3) is 0.273. The van der Waals surface area contributed by atoms with E-state index in [1.807, 2.05) is 135 Å². The van der Waals surface area contributed by atoms with E-state index >= 15 is 16.8 Å². The first-order chi connectivity index (χ1) is 37.9. The predicted molar refractivity (Wildman–Crippen MR) is 309 cm³/mol. The van der Waals surface area contributed by atoms with Gasteiger partial charge in [-0.05, 0) is 121 Å². The van der Waals surface area contributed by atoms with Crippen molar-refractivity contribution in [3.63, 3.8) is 0 Å². The molecule has 0 radical (unpaired) electrons. The Hall–Kier alpha value is -6.90. The molecule has 78 heavy (non-hydrogen) atoms. The van der Waals surface area contributed by atoms with Crippen LogP contribution in [0.2, 0.25) is 0 Å². The summed E-state index contributed by atoms with van der Waals surface area (Å²) in [7, 11) is -5.15. The Kier molecular flexibility index (Phi) is 18.1. The van der Waals surface area contributed by atoms with Gasteiger partial charge >= 0.3 is 0 Å². The molecule has 0 unspecified atom stereocenters. The fourth-order valence-electron chi connectivity index (χ4n) is 11.1. The Morgan fingerprint density at radius 2 is 0.679 bits per heavy atom. The van der Waals surface area contributed by atoms with Gasteiger partial charge in [0.05, 0.1) is 24.0 Å². The van der Waals surface area contributed by atoms with E-state index in [-0.39, 0.29) is 36.1 Å². The van der Waals surface area contributed by atoms with Crippen LogP contribution in [0.25, 0.3) is 0 Å². The quantitative estimate of drug-likeness (QED) is 0.0434. The first kappa shape index (κ1) is 55.8. The minimum absolute atomic E-state index is 0.0692. The molecule has 404 valence electrons. The number of rotatable bonds is 24. The maximum atomic E-state index is 15.5. The van der Waals surface area contributed by atoms with E-state index in [1.54, 1.807) is 71.4 Å². The molecule has 2 atom stereocenters. The molecule has 0 heterocycles. The van der Waals surface area contributed by atoms with Crippen molar-refractivity contribution in [1.82, 2.24) is 8.61 Å². The number of benzene rings is 8. The van der Waals surface area contributed by atoms with Crippen LogP contribution in [0, 0.1) is 13.8 Å². The topological polar surface area (TPSA) is 112 Å². The molecule has 10 nitrogen and oxygen atoms in total. The van der Waals surface area contributed by atoms with Crippen LogP contribution in [0.1, 0.15) is 83.0 Å². The molecule has 1 fully saturated rings. The zero-order chi connectivity index (χ0) is 54.6. The molecule has 0 spiro atoms. The number of nitrogens with zero attached hydrogens (tertiary/aromatic N) is 2. The molecule has 1 aliphatic rings. The second kappa shape index (κ2) is 25.3. The molecule has 0 bridgehead atoms. The van der Waals surface area contributed by atoms with Gasteiger partial charge in [0.1, 0.15) is 22.7 Å². The third kappa shape index (κ3) is 11.9. The van der Waals surface area contributed by atoms with Crippen LogP contribution in [0.5, 0.6) is 11.5 Å². The Morgan fingerprint density at radius 3 is 0.962 bits per heavy atom. The molecule has 12 heteroatoms. The molecular weight excluding hydrogens is 1010 g/mol. The normalized spacial score (nSPS) is 15.3. The Bertz CT molecular complexity index is 3060. The van der Waals surface area contributed by atoms with Gasteiger partial charge < -0.3 is 18.9 Å². The highest BCUT2D eigenvalue weighted by atomic mass is 32.2. The van der Waals surface area contributed by atoms with Gasteiger partial charge in [0, 0.05) is 38.4 Å². The van der Waals surface area contributed by atoms with Crippen molar-refractivity contribution < 1.29 is 35.8 Å². The van der Waals surface area contributed by atoms with Crippen molar-refractivity contribution in [3.05, 3.63) is 263 Å². The lowest BCUT2D eigenvalue weighted by Gasteiger charge is -2.44. The van der Waals surface area contributed by atoms with Crippen LogP contribution in [0.15, 0.2) is 228 Å². The van der Waals surface area contributed by atoms with Crippen LogP contribution in [0.3, 0.4) is 0 Å². The smallest absolute Gasteiger partial charge is 0.243 e. The van der Waals surface area contributed by atoms with Crippen molar-refractivity contribution in [1.29, 1.82) is 0 Å². The molecule has 0 saturated heterocycles. The predicted octanol–water partition coefficient (Wildman–Crippen LogP) is 13.1. The summed E-state index contributed by atoms with van der Waals surface area (Å²) in [6.07, 6.45) is 2.97. The van der Waals surface area contributed by atoms with Crippen LogP contribution >= 0.6 is 0 Å². The van der Waals surface area contributed by atoms with E-state index in [0.717, 1.165) is 57.3 Å². The standard InChI is InChI=1S/C66H70N2O8S2/c1-51-31-43-61(44-32-51)77(69,70)67(47-19-49-75-65(53-21-9-5-10-22-53,54-23-11-6-12-24-54)57-35-39-59(73-3)40-36-57)63-29-17-18-30-64(63)68(78(71,72)62-45-33-52(2)34-46-62)48-20-50-76-66(55-25-13-7-14-26-55,56-27-15-8-16-28-56)58-37-41-60(74-4)42-38-58/h5-16,21-28,31-46,63-64H,17-20,29-30,47-50H2,1-4H3/t63-,64-/m1/s1. The number of hydrogen-bond donors (Lipinski definition) is 0. The van der Waals surface area contributed by atoms with Gasteiger partial charge in [-0.1, -0.05) is 194 Å². The first-order valence-electron chi connectivity index (χ1n) is 26.9. The third-order valence-corrected chi connectivity index (χ3v) is 19.0. The number of aryl methyl sites for hydroxylation is 2. The summed E-state index contributed by atoms with van der Waals surface area (Å²) in [6, 6.07) is 68.4. The summed E-state index contributed by atoms with van der Waals surface area (Å²) in [5.41, 5.74) is 5.11. The molecule has 1 aliphatic carbocycles. The van der Waals surface area contributed by atoms with Crippen LogP contribution < -0.4 is 9.47 Å². The monoisotopic (exact) mass is 1080 g/mol. The zero-order valence-electron chi connectivity index (χ0n) is 45.0. The minimum atomic E-state index is -4.21. The van der Waals surface area contributed by atoms with E-state index in [1.165, 1.54) is 0 Å². The second-order valence-electron chi connectivity index (χ2n) is 20.0. The Labute approximate surface area is 462 Å². The third-order valence-electron chi connectivity index (χ3n) is 15.1. The summed E-state index contributed by atoms with van der Waals surface area (Å²) in [4.78, 5) is 0.301. The van der Waals surface area contributed by atoms with E-state index in [9.17, 15) is 0 Å². The maximum absolute atomic E-state index is 15.5. The lowest BCUT2D eigenvalue weighted by atomic mass is 9.80. The lowest BCUT2D eigenvalue weighted by molar-refractivity contribution is 0.00561. The summed E-state index contributed by atoms with van der Waals surface area (Å²) < 4.78 is 90.7. The number of hydrogen-bond acceptors (Lipinski definition) is 8. The molecule has 0 amide bonds. The first-order valence-corrected chi connectivity index (χ1v) is 29.8. The molecular formula is C66H70N2O8S2. The fourth-order valence-corrected chi connectivity index (χ4v) is 14.6. The molecule has 8 aromatic rings. The van der Waals surface area contributed by atoms with Crippen molar-refractivity contribution in [2.45, 2.75) is 85.4 Å². The summed E-state index contributed by atoms with van der Waals surface area (Å²) in [6.45, 7) is 4.31. The van der Waals surface area contributed by atoms with Gasteiger partial charge in [-0.15, -0.1) is 0 Å². The average molecular weight is 1080 g/mol. The van der Waals surface area contributed by atoms with Crippen LogP contribution in [0.4, 0.5) is 0 Å². The van der Waals surface area contributed by atoms with Gasteiger partial charge in [0.2, 0.25) is 20.0 Å². The van der Waals surface area contributed by atoms with Crippen LogP contribution in [-0.2, 0) is 40.7 Å². The maximum Gasteiger partial charge on any atom is 0.243 e. The van der Waals surface area contributed by atoms with Crippen molar-refractivity contribution in [2.24, 2.45) is 0 Å². The van der Waals surface area contributed by atoms with Gasteiger partial charge in [0.25, 0.3) is 0 Å². The Morgan fingerprint density at radius 1 is 0.397 bits per heavy atom.